The highest BCUT2D eigenvalue weighted by atomic mass is 32.2. The van der Waals surface area contributed by atoms with Crippen LogP contribution in [0.1, 0.15) is 53.9 Å². The summed E-state index contributed by atoms with van der Waals surface area (Å²) < 4.78 is 40.2. The van der Waals surface area contributed by atoms with Crippen molar-refractivity contribution in [1.29, 1.82) is 0 Å². The van der Waals surface area contributed by atoms with Crippen LogP contribution in [-0.4, -0.2) is 49.7 Å². The van der Waals surface area contributed by atoms with Crippen molar-refractivity contribution >= 4 is 15.9 Å². The van der Waals surface area contributed by atoms with E-state index >= 15 is 0 Å². The number of halogens is 1. The molecule has 0 bridgehead atoms. The number of carbonyl (C=O) groups is 1. The fourth-order valence-corrected chi connectivity index (χ4v) is 5.88. The zero-order chi connectivity index (χ0) is 21.1. The molecule has 7 heteroatoms. The smallest absolute Gasteiger partial charge is 0.253 e. The summed E-state index contributed by atoms with van der Waals surface area (Å²) in [6.07, 6.45) is 4.67. The van der Waals surface area contributed by atoms with Gasteiger partial charge in [0, 0.05) is 37.7 Å². The average molecular weight is 431 g/mol. The summed E-state index contributed by atoms with van der Waals surface area (Å²) in [6, 6.07) is 12.8. The monoisotopic (exact) mass is 430 g/mol. The Hall–Kier alpha value is -2.25. The van der Waals surface area contributed by atoms with Gasteiger partial charge in [-0.15, -0.1) is 0 Å². The van der Waals surface area contributed by atoms with E-state index in [1.165, 1.54) is 28.6 Å². The Bertz CT molecular complexity index is 984. The number of hydrogen-bond donors (Lipinski definition) is 0. The standard InChI is InChI=1S/C23H27FN2O3S/c24-21-10-6-18(7-11-21)20-5-1-2-14-25(17-20)23(27)19-8-12-22(13-9-19)30(28,29)26-15-3-4-16-26/h6-13,20H,1-5,14-17H2/t20-/m0/s1. The fraction of sp³-hybridized carbons (Fsp3) is 0.435. The fourth-order valence-electron chi connectivity index (χ4n) is 4.36. The van der Waals surface area contributed by atoms with Crippen molar-refractivity contribution in [3.63, 3.8) is 0 Å². The molecule has 2 aliphatic rings. The molecule has 2 aromatic carbocycles. The first-order valence-corrected chi connectivity index (χ1v) is 12.0. The average Bonchev–Trinajstić information content (AvgIpc) is 3.20. The van der Waals surface area contributed by atoms with E-state index < -0.39 is 10.0 Å². The molecular formula is C23H27FN2O3S. The molecule has 0 aromatic heterocycles. The molecule has 2 heterocycles. The summed E-state index contributed by atoms with van der Waals surface area (Å²) in [5.74, 6) is -0.176. The summed E-state index contributed by atoms with van der Waals surface area (Å²) in [5.41, 5.74) is 1.54. The van der Waals surface area contributed by atoms with Crippen molar-refractivity contribution in [2.24, 2.45) is 0 Å². The SMILES string of the molecule is O=C(c1ccc(S(=O)(=O)N2CCCC2)cc1)N1CCCC[C@H](c2ccc(F)cc2)C1. The van der Waals surface area contributed by atoms with Gasteiger partial charge < -0.3 is 4.90 Å². The molecule has 0 saturated carbocycles. The molecule has 0 unspecified atom stereocenters. The molecule has 4 rings (SSSR count). The molecule has 2 saturated heterocycles. The number of rotatable bonds is 4. The van der Waals surface area contributed by atoms with E-state index in [0.717, 1.165) is 37.7 Å². The van der Waals surface area contributed by atoms with Crippen LogP contribution in [0.3, 0.4) is 0 Å². The van der Waals surface area contributed by atoms with Crippen LogP contribution in [0.5, 0.6) is 0 Å². The van der Waals surface area contributed by atoms with Gasteiger partial charge in [-0.2, -0.15) is 4.31 Å². The molecule has 160 valence electrons. The van der Waals surface area contributed by atoms with E-state index in [2.05, 4.69) is 0 Å². The summed E-state index contributed by atoms with van der Waals surface area (Å²) in [5, 5.41) is 0. The van der Waals surface area contributed by atoms with E-state index in [0.29, 0.717) is 31.7 Å². The third-order valence-corrected chi connectivity index (χ3v) is 8.02. The van der Waals surface area contributed by atoms with E-state index in [4.69, 9.17) is 0 Å². The van der Waals surface area contributed by atoms with Gasteiger partial charge in [-0.3, -0.25) is 4.79 Å². The van der Waals surface area contributed by atoms with Gasteiger partial charge in [-0.25, -0.2) is 12.8 Å². The Morgan fingerprint density at radius 1 is 0.867 bits per heavy atom. The molecular weight excluding hydrogens is 403 g/mol. The molecule has 0 radical (unpaired) electrons. The quantitative estimate of drug-likeness (QED) is 0.736. The summed E-state index contributed by atoms with van der Waals surface area (Å²) >= 11 is 0. The maximum Gasteiger partial charge on any atom is 0.253 e. The lowest BCUT2D eigenvalue weighted by atomic mass is 9.94. The lowest BCUT2D eigenvalue weighted by Gasteiger charge is -2.25. The van der Waals surface area contributed by atoms with Gasteiger partial charge in [-0.1, -0.05) is 18.6 Å². The summed E-state index contributed by atoms with van der Waals surface area (Å²) in [6.45, 7) is 2.37. The highest BCUT2D eigenvalue weighted by Gasteiger charge is 2.28. The van der Waals surface area contributed by atoms with Gasteiger partial charge in [0.1, 0.15) is 5.82 Å². The van der Waals surface area contributed by atoms with Crippen LogP contribution in [0, 0.1) is 5.82 Å². The van der Waals surface area contributed by atoms with Crippen molar-refractivity contribution in [2.45, 2.75) is 42.9 Å². The molecule has 2 fully saturated rings. The Labute approximate surface area is 177 Å². The van der Waals surface area contributed by atoms with Crippen LogP contribution in [0.4, 0.5) is 4.39 Å². The van der Waals surface area contributed by atoms with Crippen molar-refractivity contribution in [1.82, 2.24) is 9.21 Å². The van der Waals surface area contributed by atoms with Crippen molar-refractivity contribution in [2.75, 3.05) is 26.2 Å². The van der Waals surface area contributed by atoms with E-state index in [-0.39, 0.29) is 22.5 Å². The molecule has 2 aliphatic heterocycles. The second kappa shape index (κ2) is 8.86. The normalized spacial score (nSPS) is 20.8. The highest BCUT2D eigenvalue weighted by Crippen LogP contribution is 2.28. The van der Waals surface area contributed by atoms with Gasteiger partial charge in [0.05, 0.1) is 4.90 Å². The minimum absolute atomic E-state index is 0.0888. The highest BCUT2D eigenvalue weighted by molar-refractivity contribution is 7.89. The molecule has 5 nitrogen and oxygen atoms in total. The number of likely N-dealkylation sites (tertiary alicyclic amines) is 1. The largest absolute Gasteiger partial charge is 0.338 e. The second-order valence-electron chi connectivity index (χ2n) is 8.13. The Morgan fingerprint density at radius 3 is 2.17 bits per heavy atom. The van der Waals surface area contributed by atoms with Gasteiger partial charge >= 0.3 is 0 Å². The minimum atomic E-state index is -3.48. The third kappa shape index (κ3) is 4.42. The third-order valence-electron chi connectivity index (χ3n) is 6.10. The van der Waals surface area contributed by atoms with Crippen LogP contribution < -0.4 is 0 Å². The Morgan fingerprint density at radius 2 is 1.50 bits per heavy atom. The van der Waals surface area contributed by atoms with Crippen LogP contribution in [-0.2, 0) is 10.0 Å². The molecule has 0 spiro atoms. The number of sulfonamides is 1. The van der Waals surface area contributed by atoms with Crippen LogP contribution in [0.15, 0.2) is 53.4 Å². The van der Waals surface area contributed by atoms with E-state index in [1.54, 1.807) is 24.3 Å². The Kier molecular flexibility index (Phi) is 6.20. The second-order valence-corrected chi connectivity index (χ2v) is 10.1. The maximum absolute atomic E-state index is 13.3. The first kappa shape index (κ1) is 21.0. The molecule has 0 N–H and O–H groups in total. The lowest BCUT2D eigenvalue weighted by molar-refractivity contribution is 0.0754. The zero-order valence-corrected chi connectivity index (χ0v) is 17.8. The van der Waals surface area contributed by atoms with Gasteiger partial charge in [-0.05, 0) is 67.6 Å². The van der Waals surface area contributed by atoms with E-state index in [9.17, 15) is 17.6 Å². The van der Waals surface area contributed by atoms with Crippen molar-refractivity contribution in [3.8, 4) is 0 Å². The first-order valence-electron chi connectivity index (χ1n) is 10.6. The van der Waals surface area contributed by atoms with Crippen LogP contribution >= 0.6 is 0 Å². The molecule has 30 heavy (non-hydrogen) atoms. The summed E-state index contributed by atoms with van der Waals surface area (Å²) in [7, 11) is -3.48. The number of hydrogen-bond acceptors (Lipinski definition) is 3. The van der Waals surface area contributed by atoms with Gasteiger partial charge in [0.15, 0.2) is 0 Å². The topological polar surface area (TPSA) is 57.7 Å². The van der Waals surface area contributed by atoms with Crippen molar-refractivity contribution in [3.05, 3.63) is 65.5 Å². The zero-order valence-electron chi connectivity index (χ0n) is 17.0. The van der Waals surface area contributed by atoms with Crippen LogP contribution in [0.25, 0.3) is 0 Å². The molecule has 2 aromatic rings. The molecule has 0 aliphatic carbocycles. The minimum Gasteiger partial charge on any atom is -0.338 e. The number of amides is 1. The number of benzene rings is 2. The number of carbonyl (C=O) groups excluding carboxylic acids is 1. The maximum atomic E-state index is 13.3. The number of nitrogens with zero attached hydrogens (tertiary/aromatic N) is 2. The van der Waals surface area contributed by atoms with E-state index in [1.807, 2.05) is 4.90 Å². The molecule has 1 amide bonds. The first-order chi connectivity index (χ1) is 14.4. The van der Waals surface area contributed by atoms with Gasteiger partial charge in [0.2, 0.25) is 10.0 Å². The van der Waals surface area contributed by atoms with Crippen LogP contribution in [0.2, 0.25) is 0 Å². The predicted molar refractivity (Wildman–Crippen MR) is 113 cm³/mol. The molecule has 1 atom stereocenters. The lowest BCUT2D eigenvalue weighted by Crippen LogP contribution is -2.34. The van der Waals surface area contributed by atoms with Crippen molar-refractivity contribution < 1.29 is 17.6 Å². The Balaban J connectivity index is 1.49. The summed E-state index contributed by atoms with van der Waals surface area (Å²) in [4.78, 5) is 15.2. The predicted octanol–water partition coefficient (Wildman–Crippen LogP) is 4.02. The van der Waals surface area contributed by atoms with Gasteiger partial charge in [0.25, 0.3) is 5.91 Å².